The van der Waals surface area contributed by atoms with Gasteiger partial charge in [-0.1, -0.05) is 49.6 Å². The van der Waals surface area contributed by atoms with Crippen LogP contribution in [0, 0.1) is 5.92 Å². The highest BCUT2D eigenvalue weighted by atomic mass is 35.5. The lowest BCUT2D eigenvalue weighted by Gasteiger charge is -2.24. The van der Waals surface area contributed by atoms with Crippen molar-refractivity contribution in [2.24, 2.45) is 5.92 Å². The second-order valence-electron chi connectivity index (χ2n) is 7.67. The highest BCUT2D eigenvalue weighted by Crippen LogP contribution is 2.36. The molecule has 0 bridgehead atoms. The van der Waals surface area contributed by atoms with Crippen LogP contribution in [0.25, 0.3) is 0 Å². The van der Waals surface area contributed by atoms with Gasteiger partial charge in [-0.25, -0.2) is 0 Å². The van der Waals surface area contributed by atoms with Crippen molar-refractivity contribution in [1.29, 1.82) is 0 Å². The number of carbonyl (C=O) groups is 1. The molecule has 1 aromatic carbocycles. The van der Waals surface area contributed by atoms with Gasteiger partial charge in [0.25, 0.3) is 0 Å². The number of hydrogen-bond donors (Lipinski definition) is 2. The largest absolute Gasteiger partial charge is 0.351 e. The molecule has 5 atom stereocenters. The van der Waals surface area contributed by atoms with Gasteiger partial charge in [0.2, 0.25) is 5.91 Å². The second-order valence-corrected chi connectivity index (χ2v) is 7.67. The van der Waals surface area contributed by atoms with E-state index in [4.69, 9.17) is 0 Å². The number of amides is 1. The van der Waals surface area contributed by atoms with Crippen molar-refractivity contribution in [3.63, 3.8) is 0 Å². The lowest BCUT2D eigenvalue weighted by atomic mass is 9.85. The summed E-state index contributed by atoms with van der Waals surface area (Å²) < 4.78 is 0. The van der Waals surface area contributed by atoms with E-state index >= 15 is 0 Å². The Morgan fingerprint density at radius 3 is 2.58 bits per heavy atom. The summed E-state index contributed by atoms with van der Waals surface area (Å²) in [5.41, 5.74) is 1.38. The molecule has 2 N–H and O–H groups in total. The maximum absolute atomic E-state index is 12.7. The minimum atomic E-state index is 0. The normalized spacial score (nSPS) is 35.1. The van der Waals surface area contributed by atoms with E-state index in [1.165, 1.54) is 44.1 Å². The number of carbonyl (C=O) groups excluding carboxylic acids is 1. The van der Waals surface area contributed by atoms with Gasteiger partial charge in [0.1, 0.15) is 0 Å². The first-order valence-corrected chi connectivity index (χ1v) is 9.42. The van der Waals surface area contributed by atoms with Gasteiger partial charge in [-0.2, -0.15) is 0 Å². The Morgan fingerprint density at radius 2 is 1.79 bits per heavy atom. The minimum absolute atomic E-state index is 0. The molecule has 2 saturated carbocycles. The van der Waals surface area contributed by atoms with E-state index < -0.39 is 0 Å². The van der Waals surface area contributed by atoms with Gasteiger partial charge < -0.3 is 10.6 Å². The molecule has 1 aromatic rings. The van der Waals surface area contributed by atoms with Crippen LogP contribution in [-0.4, -0.2) is 24.0 Å². The van der Waals surface area contributed by atoms with Crippen LogP contribution in [-0.2, 0) is 4.79 Å². The Hall–Kier alpha value is -1.06. The van der Waals surface area contributed by atoms with Gasteiger partial charge in [0.05, 0.1) is 6.04 Å². The fourth-order valence-corrected chi connectivity index (χ4v) is 5.04. The number of hydrogen-bond acceptors (Lipinski definition) is 2. The molecule has 132 valence electrons. The molecular weight excluding hydrogens is 320 g/mol. The van der Waals surface area contributed by atoms with Crippen LogP contribution in [0.2, 0.25) is 0 Å². The lowest BCUT2D eigenvalue weighted by molar-refractivity contribution is -0.123. The van der Waals surface area contributed by atoms with Crippen molar-refractivity contribution in [2.75, 3.05) is 0 Å². The summed E-state index contributed by atoms with van der Waals surface area (Å²) in [6, 6.07) is 11.6. The maximum atomic E-state index is 12.7. The molecular formula is C20H29ClN2O. The maximum Gasteiger partial charge on any atom is 0.237 e. The second kappa shape index (κ2) is 7.88. The Kier molecular flexibility index (Phi) is 5.83. The van der Waals surface area contributed by atoms with Crippen molar-refractivity contribution in [1.82, 2.24) is 10.6 Å². The average molecular weight is 349 g/mol. The van der Waals surface area contributed by atoms with Crippen molar-refractivity contribution in [3.8, 4) is 0 Å². The van der Waals surface area contributed by atoms with Crippen molar-refractivity contribution < 1.29 is 4.79 Å². The third kappa shape index (κ3) is 3.62. The van der Waals surface area contributed by atoms with E-state index in [9.17, 15) is 4.79 Å². The lowest BCUT2D eigenvalue weighted by Crippen LogP contribution is -2.47. The molecule has 1 heterocycles. The van der Waals surface area contributed by atoms with Crippen molar-refractivity contribution in [2.45, 2.75) is 75.4 Å². The molecule has 3 fully saturated rings. The monoisotopic (exact) mass is 348 g/mol. The van der Waals surface area contributed by atoms with Crippen molar-refractivity contribution >= 4 is 18.3 Å². The molecule has 1 saturated heterocycles. The van der Waals surface area contributed by atoms with Crippen LogP contribution in [0.3, 0.4) is 0 Å². The van der Waals surface area contributed by atoms with Crippen molar-refractivity contribution in [3.05, 3.63) is 35.9 Å². The molecule has 1 amide bonds. The third-order valence-electron chi connectivity index (χ3n) is 6.25. The van der Waals surface area contributed by atoms with E-state index in [-0.39, 0.29) is 24.4 Å². The number of halogens is 1. The van der Waals surface area contributed by atoms with Crippen LogP contribution in [0.15, 0.2) is 30.3 Å². The number of rotatable bonds is 3. The predicted molar refractivity (Wildman–Crippen MR) is 99.5 cm³/mol. The Bertz CT molecular complexity index is 536. The zero-order valence-corrected chi connectivity index (χ0v) is 15.1. The summed E-state index contributed by atoms with van der Waals surface area (Å²) in [5.74, 6) is 1.46. The zero-order valence-electron chi connectivity index (χ0n) is 14.2. The molecule has 0 aromatic heterocycles. The first-order chi connectivity index (χ1) is 11.3. The highest BCUT2D eigenvalue weighted by molar-refractivity contribution is 5.85. The number of nitrogens with one attached hydrogen (secondary N) is 2. The molecule has 4 heteroatoms. The molecule has 0 spiro atoms. The summed E-state index contributed by atoms with van der Waals surface area (Å²) >= 11 is 0. The molecule has 2 aliphatic carbocycles. The molecule has 3 nitrogen and oxygen atoms in total. The van der Waals surface area contributed by atoms with E-state index in [2.05, 4.69) is 41.0 Å². The van der Waals surface area contributed by atoms with Crippen LogP contribution >= 0.6 is 12.4 Å². The van der Waals surface area contributed by atoms with E-state index in [0.717, 1.165) is 18.8 Å². The fourth-order valence-electron chi connectivity index (χ4n) is 5.04. The van der Waals surface area contributed by atoms with Crippen LogP contribution < -0.4 is 10.6 Å². The minimum Gasteiger partial charge on any atom is -0.351 e. The average Bonchev–Trinajstić information content (AvgIpc) is 3.22. The number of benzene rings is 1. The topological polar surface area (TPSA) is 41.1 Å². The van der Waals surface area contributed by atoms with Crippen LogP contribution in [0.4, 0.5) is 0 Å². The summed E-state index contributed by atoms with van der Waals surface area (Å²) in [6.45, 7) is 0. The van der Waals surface area contributed by atoms with E-state index in [1.807, 2.05) is 0 Å². The van der Waals surface area contributed by atoms with Gasteiger partial charge in [-0.15, -0.1) is 12.4 Å². The quantitative estimate of drug-likeness (QED) is 0.872. The van der Waals surface area contributed by atoms with Gasteiger partial charge in [0, 0.05) is 18.0 Å². The van der Waals surface area contributed by atoms with Gasteiger partial charge in [0.15, 0.2) is 0 Å². The Balaban J connectivity index is 0.00000169. The highest BCUT2D eigenvalue weighted by Gasteiger charge is 2.39. The van der Waals surface area contributed by atoms with E-state index in [0.29, 0.717) is 18.0 Å². The zero-order chi connectivity index (χ0) is 15.6. The summed E-state index contributed by atoms with van der Waals surface area (Å²) in [5, 5.41) is 6.99. The summed E-state index contributed by atoms with van der Waals surface area (Å²) in [7, 11) is 0. The van der Waals surface area contributed by atoms with Gasteiger partial charge in [-0.05, 0) is 43.6 Å². The first-order valence-electron chi connectivity index (χ1n) is 9.42. The molecule has 3 aliphatic rings. The summed E-state index contributed by atoms with van der Waals surface area (Å²) in [4.78, 5) is 12.7. The predicted octanol–water partition coefficient (Wildman–Crippen LogP) is 3.78. The first kappa shape index (κ1) is 17.8. The SMILES string of the molecule is Cl.O=C(NC1CCCC1c1ccccc1)C1CC2CCCCC2N1. The summed E-state index contributed by atoms with van der Waals surface area (Å²) in [6.07, 6.45) is 9.79. The van der Waals surface area contributed by atoms with E-state index in [1.54, 1.807) is 0 Å². The molecule has 24 heavy (non-hydrogen) atoms. The molecule has 5 unspecified atom stereocenters. The Morgan fingerprint density at radius 1 is 1.00 bits per heavy atom. The molecule has 4 rings (SSSR count). The smallest absolute Gasteiger partial charge is 0.237 e. The third-order valence-corrected chi connectivity index (χ3v) is 6.25. The van der Waals surface area contributed by atoms with Gasteiger partial charge >= 0.3 is 0 Å². The van der Waals surface area contributed by atoms with Crippen LogP contribution in [0.5, 0.6) is 0 Å². The standard InChI is InChI=1S/C20H28N2O.ClH/c23-20(19-13-15-9-4-5-11-17(15)21-19)22-18-12-6-10-16(18)14-7-2-1-3-8-14;/h1-3,7-8,15-19,21H,4-6,9-13H2,(H,22,23);1H. The molecule has 1 aliphatic heterocycles. The number of fused-ring (bicyclic) bond motifs is 1. The Labute approximate surface area is 151 Å². The van der Waals surface area contributed by atoms with Crippen LogP contribution in [0.1, 0.15) is 62.8 Å². The molecule has 0 radical (unpaired) electrons. The van der Waals surface area contributed by atoms with Gasteiger partial charge in [-0.3, -0.25) is 4.79 Å². The fraction of sp³-hybridized carbons (Fsp3) is 0.650.